The van der Waals surface area contributed by atoms with E-state index >= 15 is 0 Å². The van der Waals surface area contributed by atoms with Gasteiger partial charge in [0, 0.05) is 12.8 Å². The molecule has 2 rings (SSSR count). The van der Waals surface area contributed by atoms with Crippen molar-refractivity contribution < 1.29 is 23.9 Å². The maximum Gasteiger partial charge on any atom is 0.408 e. The Hall–Kier alpha value is -3.35. The standard InChI is InChI=1S/C24H30N2O5/c1-24(2,3)31-23(29)26-19(15-17-11-7-5-8-12-17)21(27)25-20(22(28)30-4)16-18-13-9-6-10-14-18/h5-14,19-20H,15-16H2,1-4H3,(H,25,27)(H,26,29)/t19-,20+/m1/s1. The molecule has 2 N–H and O–H groups in total. The summed E-state index contributed by atoms with van der Waals surface area (Å²) in [5, 5.41) is 5.34. The molecule has 2 amide bonds. The number of benzene rings is 2. The van der Waals surface area contributed by atoms with Gasteiger partial charge in [-0.15, -0.1) is 0 Å². The lowest BCUT2D eigenvalue weighted by Gasteiger charge is -2.25. The van der Waals surface area contributed by atoms with Gasteiger partial charge in [-0.05, 0) is 31.9 Å². The molecule has 0 saturated heterocycles. The number of carbonyl (C=O) groups excluding carboxylic acids is 3. The molecule has 0 fully saturated rings. The Balaban J connectivity index is 2.17. The molecule has 0 radical (unpaired) electrons. The zero-order valence-corrected chi connectivity index (χ0v) is 18.4. The molecule has 0 bridgehead atoms. The van der Waals surface area contributed by atoms with Crippen LogP contribution in [0.4, 0.5) is 4.79 Å². The summed E-state index contributed by atoms with van der Waals surface area (Å²) in [4.78, 5) is 37.7. The van der Waals surface area contributed by atoms with E-state index < -0.39 is 35.7 Å². The summed E-state index contributed by atoms with van der Waals surface area (Å²) in [5.41, 5.74) is 1.02. The smallest absolute Gasteiger partial charge is 0.408 e. The van der Waals surface area contributed by atoms with Crippen LogP contribution in [0.1, 0.15) is 31.9 Å². The van der Waals surface area contributed by atoms with Gasteiger partial charge in [0.25, 0.3) is 0 Å². The quantitative estimate of drug-likeness (QED) is 0.633. The van der Waals surface area contributed by atoms with E-state index in [9.17, 15) is 14.4 Å². The lowest BCUT2D eigenvalue weighted by Crippen LogP contribution is -2.53. The van der Waals surface area contributed by atoms with Crippen LogP contribution in [0.15, 0.2) is 60.7 Å². The summed E-state index contributed by atoms with van der Waals surface area (Å²) in [6, 6.07) is 16.8. The van der Waals surface area contributed by atoms with E-state index in [2.05, 4.69) is 10.6 Å². The Labute approximate surface area is 183 Å². The molecule has 0 unspecified atom stereocenters. The average Bonchev–Trinajstić information content (AvgIpc) is 2.72. The highest BCUT2D eigenvalue weighted by atomic mass is 16.6. The van der Waals surface area contributed by atoms with Crippen LogP contribution in [0, 0.1) is 0 Å². The van der Waals surface area contributed by atoms with Crippen molar-refractivity contribution in [3.05, 3.63) is 71.8 Å². The highest BCUT2D eigenvalue weighted by Gasteiger charge is 2.29. The highest BCUT2D eigenvalue weighted by Crippen LogP contribution is 2.10. The molecular formula is C24H30N2O5. The number of rotatable bonds is 8. The number of esters is 1. The van der Waals surface area contributed by atoms with Crippen molar-refractivity contribution in [2.75, 3.05) is 7.11 Å². The first-order chi connectivity index (χ1) is 14.7. The van der Waals surface area contributed by atoms with Gasteiger partial charge in [0.2, 0.25) is 5.91 Å². The van der Waals surface area contributed by atoms with Gasteiger partial charge in [0.15, 0.2) is 0 Å². The van der Waals surface area contributed by atoms with E-state index in [1.807, 2.05) is 60.7 Å². The molecule has 0 heterocycles. The zero-order valence-electron chi connectivity index (χ0n) is 18.4. The zero-order chi connectivity index (χ0) is 22.9. The summed E-state index contributed by atoms with van der Waals surface area (Å²) in [6.45, 7) is 5.23. The van der Waals surface area contributed by atoms with Crippen molar-refractivity contribution in [2.45, 2.75) is 51.3 Å². The molecule has 0 aliphatic heterocycles. The Morgan fingerprint density at radius 1 is 0.806 bits per heavy atom. The molecular weight excluding hydrogens is 396 g/mol. The molecule has 0 aromatic heterocycles. The molecule has 166 valence electrons. The van der Waals surface area contributed by atoms with Crippen molar-refractivity contribution >= 4 is 18.0 Å². The van der Waals surface area contributed by atoms with Crippen molar-refractivity contribution in [1.82, 2.24) is 10.6 Å². The van der Waals surface area contributed by atoms with Crippen LogP contribution in [0.3, 0.4) is 0 Å². The molecule has 2 atom stereocenters. The van der Waals surface area contributed by atoms with E-state index in [-0.39, 0.29) is 12.8 Å². The summed E-state index contributed by atoms with van der Waals surface area (Å²) in [6.07, 6.45) is -0.198. The minimum Gasteiger partial charge on any atom is -0.467 e. The molecule has 31 heavy (non-hydrogen) atoms. The van der Waals surface area contributed by atoms with E-state index in [4.69, 9.17) is 9.47 Å². The van der Waals surface area contributed by atoms with Gasteiger partial charge in [-0.25, -0.2) is 9.59 Å². The third kappa shape index (κ3) is 8.50. The molecule has 7 nitrogen and oxygen atoms in total. The minimum atomic E-state index is -0.930. The van der Waals surface area contributed by atoms with E-state index in [1.165, 1.54) is 7.11 Å². The van der Waals surface area contributed by atoms with Crippen LogP contribution in [-0.4, -0.2) is 42.8 Å². The predicted octanol–water partition coefficient (Wildman–Crippen LogP) is 3.02. The van der Waals surface area contributed by atoms with Crippen LogP contribution in [0.25, 0.3) is 0 Å². The van der Waals surface area contributed by atoms with Gasteiger partial charge in [-0.2, -0.15) is 0 Å². The maximum absolute atomic E-state index is 13.1. The first kappa shape index (κ1) is 23.9. The van der Waals surface area contributed by atoms with Gasteiger partial charge in [0.1, 0.15) is 17.7 Å². The molecule has 0 aliphatic rings. The third-order valence-electron chi connectivity index (χ3n) is 4.37. The predicted molar refractivity (Wildman–Crippen MR) is 117 cm³/mol. The largest absolute Gasteiger partial charge is 0.467 e. The fourth-order valence-electron chi connectivity index (χ4n) is 2.97. The van der Waals surface area contributed by atoms with E-state index in [1.54, 1.807) is 20.8 Å². The van der Waals surface area contributed by atoms with Crippen LogP contribution in [-0.2, 0) is 31.9 Å². The Morgan fingerprint density at radius 2 is 1.29 bits per heavy atom. The summed E-state index contributed by atoms with van der Waals surface area (Å²) in [7, 11) is 1.27. The SMILES string of the molecule is COC(=O)[C@H](Cc1ccccc1)NC(=O)[C@@H](Cc1ccccc1)NC(=O)OC(C)(C)C. The topological polar surface area (TPSA) is 93.7 Å². The molecule has 2 aromatic carbocycles. The van der Waals surface area contributed by atoms with E-state index in [0.717, 1.165) is 11.1 Å². The molecule has 0 aliphatic carbocycles. The lowest BCUT2D eigenvalue weighted by molar-refractivity contribution is -0.145. The normalized spacial score (nSPS) is 12.9. The van der Waals surface area contributed by atoms with Crippen molar-refractivity contribution in [3.8, 4) is 0 Å². The van der Waals surface area contributed by atoms with Gasteiger partial charge < -0.3 is 20.1 Å². The third-order valence-corrected chi connectivity index (χ3v) is 4.37. The second-order valence-electron chi connectivity index (χ2n) is 8.16. The van der Waals surface area contributed by atoms with Crippen LogP contribution in [0.5, 0.6) is 0 Å². The summed E-state index contributed by atoms with van der Waals surface area (Å²) < 4.78 is 10.2. The number of nitrogens with one attached hydrogen (secondary N) is 2. The summed E-state index contributed by atoms with van der Waals surface area (Å²) >= 11 is 0. The molecule has 2 aromatic rings. The average molecular weight is 427 g/mol. The van der Waals surface area contributed by atoms with Crippen LogP contribution < -0.4 is 10.6 Å². The first-order valence-corrected chi connectivity index (χ1v) is 10.1. The van der Waals surface area contributed by atoms with Gasteiger partial charge in [0.05, 0.1) is 7.11 Å². The fourth-order valence-corrected chi connectivity index (χ4v) is 2.97. The number of alkyl carbamates (subject to hydrolysis) is 1. The van der Waals surface area contributed by atoms with Crippen molar-refractivity contribution in [1.29, 1.82) is 0 Å². The molecule has 0 saturated carbocycles. The van der Waals surface area contributed by atoms with Gasteiger partial charge in [-0.1, -0.05) is 60.7 Å². The van der Waals surface area contributed by atoms with Crippen molar-refractivity contribution in [3.63, 3.8) is 0 Å². The molecule has 7 heteroatoms. The Bertz CT molecular complexity index is 863. The molecule has 0 spiro atoms. The Morgan fingerprint density at radius 3 is 1.74 bits per heavy atom. The number of amides is 2. The number of methoxy groups -OCH3 is 1. The fraction of sp³-hybridized carbons (Fsp3) is 0.375. The number of ether oxygens (including phenoxy) is 2. The van der Waals surface area contributed by atoms with Gasteiger partial charge >= 0.3 is 12.1 Å². The first-order valence-electron chi connectivity index (χ1n) is 10.1. The second kappa shape index (κ2) is 11.2. The van der Waals surface area contributed by atoms with Crippen LogP contribution in [0.2, 0.25) is 0 Å². The lowest BCUT2D eigenvalue weighted by atomic mass is 10.0. The monoisotopic (exact) mass is 426 g/mol. The number of hydrogen-bond donors (Lipinski definition) is 2. The Kier molecular flexibility index (Phi) is 8.61. The minimum absolute atomic E-state index is 0.241. The summed E-state index contributed by atoms with van der Waals surface area (Å²) in [5.74, 6) is -1.06. The maximum atomic E-state index is 13.1. The van der Waals surface area contributed by atoms with Gasteiger partial charge in [-0.3, -0.25) is 4.79 Å². The van der Waals surface area contributed by atoms with Crippen LogP contribution >= 0.6 is 0 Å². The van der Waals surface area contributed by atoms with Crippen molar-refractivity contribution in [2.24, 2.45) is 0 Å². The second-order valence-corrected chi connectivity index (χ2v) is 8.16. The van der Waals surface area contributed by atoms with E-state index in [0.29, 0.717) is 0 Å². The number of hydrogen-bond acceptors (Lipinski definition) is 5. The number of carbonyl (C=O) groups is 3. The highest BCUT2D eigenvalue weighted by molar-refractivity contribution is 5.90.